The Balaban J connectivity index is 1.35. The minimum Gasteiger partial charge on any atom is -0.488 e. The molecule has 10 nitrogen and oxygen atoms in total. The summed E-state index contributed by atoms with van der Waals surface area (Å²) in [4.78, 5) is 30.7. The molecule has 2 aromatic heterocycles. The van der Waals surface area contributed by atoms with E-state index in [1.54, 1.807) is 29.2 Å². The van der Waals surface area contributed by atoms with Gasteiger partial charge in [-0.05, 0) is 29.8 Å². The first-order chi connectivity index (χ1) is 18.5. The monoisotopic (exact) mass is 509 g/mol. The third-order valence-corrected chi connectivity index (χ3v) is 6.50. The molecule has 0 fully saturated rings. The lowest BCUT2D eigenvalue weighted by molar-refractivity contribution is -0.182. The lowest BCUT2D eigenvalue weighted by Gasteiger charge is -2.33. The van der Waals surface area contributed by atoms with Gasteiger partial charge in [0.25, 0.3) is 5.91 Å². The van der Waals surface area contributed by atoms with Crippen LogP contribution in [0.5, 0.6) is 5.75 Å². The van der Waals surface area contributed by atoms with Crippen LogP contribution in [0.2, 0.25) is 0 Å². The molecule has 2 amide bonds. The van der Waals surface area contributed by atoms with E-state index in [9.17, 15) is 9.59 Å². The SMILES string of the molecule is NC(=O)C1(C(Cc2ccccc2)NC(=O)c2cccnc2-n2cc3c(n2)-c2ccccc2OC3)OC=CO1. The number of nitrogens with two attached hydrogens (primary N) is 1. The molecule has 1 unspecified atom stereocenters. The van der Waals surface area contributed by atoms with E-state index in [1.165, 1.54) is 12.5 Å². The molecule has 0 aliphatic carbocycles. The Morgan fingerprint density at radius 3 is 2.58 bits per heavy atom. The van der Waals surface area contributed by atoms with Gasteiger partial charge in [-0.25, -0.2) is 9.67 Å². The number of fused-ring (bicyclic) bond motifs is 3. The topological polar surface area (TPSA) is 131 Å². The number of nitrogens with one attached hydrogen (secondary N) is 1. The van der Waals surface area contributed by atoms with Crippen molar-refractivity contribution in [2.75, 3.05) is 0 Å². The van der Waals surface area contributed by atoms with Crippen LogP contribution in [-0.2, 0) is 27.3 Å². The van der Waals surface area contributed by atoms with Crippen LogP contribution in [0.25, 0.3) is 17.1 Å². The second-order valence-electron chi connectivity index (χ2n) is 8.86. The van der Waals surface area contributed by atoms with Crippen molar-refractivity contribution in [3.63, 3.8) is 0 Å². The van der Waals surface area contributed by atoms with E-state index in [2.05, 4.69) is 10.3 Å². The molecule has 38 heavy (non-hydrogen) atoms. The number of amides is 2. The van der Waals surface area contributed by atoms with Crippen LogP contribution in [-0.4, -0.2) is 38.4 Å². The molecule has 1 atom stereocenters. The van der Waals surface area contributed by atoms with Gasteiger partial charge in [0.15, 0.2) is 5.82 Å². The summed E-state index contributed by atoms with van der Waals surface area (Å²) in [5.41, 5.74) is 9.28. The van der Waals surface area contributed by atoms with Crippen LogP contribution in [0, 0.1) is 0 Å². The first-order valence-electron chi connectivity index (χ1n) is 12.0. The Hall–Kier alpha value is -5.12. The number of aromatic nitrogens is 3. The van der Waals surface area contributed by atoms with Crippen molar-refractivity contribution in [3.05, 3.63) is 108 Å². The maximum atomic E-state index is 13.7. The van der Waals surface area contributed by atoms with Gasteiger partial charge in [-0.3, -0.25) is 9.59 Å². The van der Waals surface area contributed by atoms with Gasteiger partial charge in [0.05, 0.1) is 5.56 Å². The van der Waals surface area contributed by atoms with Crippen molar-refractivity contribution in [3.8, 4) is 22.8 Å². The second kappa shape index (κ2) is 9.40. The maximum absolute atomic E-state index is 13.7. The molecule has 6 rings (SSSR count). The Labute approximate surface area is 217 Å². The first kappa shape index (κ1) is 23.3. The smallest absolute Gasteiger partial charge is 0.352 e. The molecule has 0 radical (unpaired) electrons. The van der Waals surface area contributed by atoms with E-state index in [0.717, 1.165) is 28.1 Å². The number of carbonyl (C=O) groups excluding carboxylic acids is 2. The van der Waals surface area contributed by atoms with Gasteiger partial charge in [-0.15, -0.1) is 0 Å². The standard InChI is InChI=1S/C28H23N5O5/c29-27(35)28(37-13-14-38-28)23(15-18-7-2-1-3-8-18)31-26(34)21-10-6-12-30-25(21)33-16-19-17-36-22-11-5-4-9-20(22)24(19)32-33/h1-14,16,23H,15,17H2,(H2,29,35)(H,31,34). The van der Waals surface area contributed by atoms with Gasteiger partial charge in [-0.1, -0.05) is 42.5 Å². The minimum atomic E-state index is -1.90. The quantitative estimate of drug-likeness (QED) is 0.392. The first-order valence-corrected chi connectivity index (χ1v) is 12.0. The molecule has 10 heteroatoms. The maximum Gasteiger partial charge on any atom is 0.352 e. The van der Waals surface area contributed by atoms with Crippen LogP contribution >= 0.6 is 0 Å². The fourth-order valence-corrected chi connectivity index (χ4v) is 4.65. The zero-order valence-corrected chi connectivity index (χ0v) is 20.1. The normalized spacial score (nSPS) is 15.3. The molecular weight excluding hydrogens is 486 g/mol. The van der Waals surface area contributed by atoms with Crippen molar-refractivity contribution in [2.24, 2.45) is 5.73 Å². The Kier molecular flexibility index (Phi) is 5.76. The van der Waals surface area contributed by atoms with Crippen molar-refractivity contribution in [2.45, 2.75) is 24.9 Å². The van der Waals surface area contributed by atoms with Crippen molar-refractivity contribution in [1.29, 1.82) is 0 Å². The van der Waals surface area contributed by atoms with Crippen LogP contribution in [0.3, 0.4) is 0 Å². The number of ether oxygens (including phenoxy) is 3. The van der Waals surface area contributed by atoms with E-state index < -0.39 is 23.6 Å². The van der Waals surface area contributed by atoms with Gasteiger partial charge in [-0.2, -0.15) is 5.10 Å². The average molecular weight is 510 g/mol. The van der Waals surface area contributed by atoms with Gasteiger partial charge in [0.2, 0.25) is 0 Å². The molecule has 0 saturated carbocycles. The summed E-state index contributed by atoms with van der Waals surface area (Å²) in [6.07, 6.45) is 6.06. The average Bonchev–Trinajstić information content (AvgIpc) is 3.62. The van der Waals surface area contributed by atoms with E-state index in [1.807, 2.05) is 54.6 Å². The fraction of sp³-hybridized carbons (Fsp3) is 0.143. The molecule has 4 aromatic rings. The number of hydrogen-bond acceptors (Lipinski definition) is 7. The van der Waals surface area contributed by atoms with Crippen LogP contribution in [0.1, 0.15) is 21.5 Å². The molecule has 4 heterocycles. The molecule has 2 aromatic carbocycles. The predicted molar refractivity (Wildman–Crippen MR) is 136 cm³/mol. The highest BCUT2D eigenvalue weighted by Gasteiger charge is 2.51. The van der Waals surface area contributed by atoms with E-state index in [-0.39, 0.29) is 12.0 Å². The molecule has 0 saturated heterocycles. The third-order valence-electron chi connectivity index (χ3n) is 6.50. The Morgan fingerprint density at radius 1 is 1.03 bits per heavy atom. The summed E-state index contributed by atoms with van der Waals surface area (Å²) in [6.45, 7) is 0.350. The number of carbonyl (C=O) groups is 2. The number of benzene rings is 2. The largest absolute Gasteiger partial charge is 0.488 e. The van der Waals surface area contributed by atoms with Crippen LogP contribution in [0.4, 0.5) is 0 Å². The summed E-state index contributed by atoms with van der Waals surface area (Å²) in [7, 11) is 0. The highest BCUT2D eigenvalue weighted by molar-refractivity contribution is 5.98. The second-order valence-corrected chi connectivity index (χ2v) is 8.86. The molecule has 190 valence electrons. The van der Waals surface area contributed by atoms with E-state index in [4.69, 9.17) is 25.0 Å². The Morgan fingerprint density at radius 2 is 1.79 bits per heavy atom. The molecule has 2 aliphatic heterocycles. The lowest BCUT2D eigenvalue weighted by Crippen LogP contribution is -2.61. The number of para-hydroxylation sites is 1. The summed E-state index contributed by atoms with van der Waals surface area (Å²) in [6, 6.07) is 19.3. The van der Waals surface area contributed by atoms with E-state index >= 15 is 0 Å². The van der Waals surface area contributed by atoms with Crippen molar-refractivity contribution in [1.82, 2.24) is 20.1 Å². The lowest BCUT2D eigenvalue weighted by atomic mass is 9.97. The zero-order valence-electron chi connectivity index (χ0n) is 20.1. The van der Waals surface area contributed by atoms with Gasteiger partial charge in [0.1, 0.15) is 36.6 Å². The Bertz CT molecular complexity index is 1540. The molecule has 2 aliphatic rings. The van der Waals surface area contributed by atoms with Crippen molar-refractivity contribution < 1.29 is 23.8 Å². The van der Waals surface area contributed by atoms with E-state index in [0.29, 0.717) is 12.4 Å². The minimum absolute atomic E-state index is 0.219. The fourth-order valence-electron chi connectivity index (χ4n) is 4.65. The highest BCUT2D eigenvalue weighted by atomic mass is 16.7. The molecular formula is C28H23N5O5. The van der Waals surface area contributed by atoms with Gasteiger partial charge >= 0.3 is 11.7 Å². The predicted octanol–water partition coefficient (Wildman–Crippen LogP) is 2.87. The molecule has 0 bridgehead atoms. The number of hydrogen-bond donors (Lipinski definition) is 2. The van der Waals surface area contributed by atoms with Gasteiger partial charge < -0.3 is 25.3 Å². The van der Waals surface area contributed by atoms with Crippen LogP contribution < -0.4 is 15.8 Å². The zero-order chi connectivity index (χ0) is 26.1. The number of primary amides is 1. The highest BCUT2D eigenvalue weighted by Crippen LogP contribution is 2.36. The van der Waals surface area contributed by atoms with Crippen LogP contribution in [0.15, 0.2) is 91.6 Å². The summed E-state index contributed by atoms with van der Waals surface area (Å²) < 4.78 is 18.5. The van der Waals surface area contributed by atoms with Crippen molar-refractivity contribution >= 4 is 11.8 Å². The summed E-state index contributed by atoms with van der Waals surface area (Å²) >= 11 is 0. The summed E-state index contributed by atoms with van der Waals surface area (Å²) in [5.74, 6) is -2.21. The summed E-state index contributed by atoms with van der Waals surface area (Å²) in [5, 5.41) is 7.63. The number of nitrogens with zero attached hydrogens (tertiary/aromatic N) is 3. The molecule has 0 spiro atoms. The molecule has 3 N–H and O–H groups in total. The number of rotatable bonds is 7. The van der Waals surface area contributed by atoms with Gasteiger partial charge in [0, 0.05) is 29.9 Å². The third kappa shape index (κ3) is 4.01. The number of pyridine rings is 1.